The smallest absolute Gasteiger partial charge is 0.319 e. The molecule has 7 nitrogen and oxygen atoms in total. The molecule has 3 amide bonds. The van der Waals surface area contributed by atoms with Gasteiger partial charge in [-0.2, -0.15) is 8.75 Å². The van der Waals surface area contributed by atoms with E-state index in [2.05, 4.69) is 19.4 Å². The molecular weight excluding hydrogens is 314 g/mol. The van der Waals surface area contributed by atoms with Crippen LogP contribution in [0.15, 0.2) is 29.5 Å². The maximum atomic E-state index is 12.7. The van der Waals surface area contributed by atoms with Crippen molar-refractivity contribution in [2.45, 2.75) is 26.4 Å². The van der Waals surface area contributed by atoms with Crippen LogP contribution in [0.1, 0.15) is 19.4 Å². The number of nitrogens with one attached hydrogen (secondary N) is 2. The zero-order valence-electron chi connectivity index (χ0n) is 13.1. The molecule has 0 unspecified atom stereocenters. The highest BCUT2D eigenvalue weighted by atomic mass is 32.1. The van der Waals surface area contributed by atoms with Crippen molar-refractivity contribution in [3.8, 4) is 0 Å². The van der Waals surface area contributed by atoms with Crippen LogP contribution in [0.3, 0.4) is 0 Å². The Labute approximate surface area is 137 Å². The molecule has 1 atom stereocenters. The summed E-state index contributed by atoms with van der Waals surface area (Å²) in [5, 5.41) is 5.35. The average molecular weight is 331 g/mol. The number of carbonyl (C=O) groups is 2. The van der Waals surface area contributed by atoms with E-state index < -0.39 is 0 Å². The first kappa shape index (κ1) is 15.4. The van der Waals surface area contributed by atoms with E-state index in [1.165, 1.54) is 11.7 Å². The van der Waals surface area contributed by atoms with Gasteiger partial charge in [0.2, 0.25) is 0 Å². The Morgan fingerprint density at radius 3 is 2.83 bits per heavy atom. The van der Waals surface area contributed by atoms with Crippen molar-refractivity contribution in [3.05, 3.63) is 35.0 Å². The van der Waals surface area contributed by atoms with Gasteiger partial charge in [-0.25, -0.2) is 4.79 Å². The summed E-state index contributed by atoms with van der Waals surface area (Å²) in [6.45, 7) is 4.00. The van der Waals surface area contributed by atoms with Gasteiger partial charge < -0.3 is 15.5 Å². The van der Waals surface area contributed by atoms with Crippen LogP contribution < -0.4 is 10.6 Å². The number of likely N-dealkylation sites (N-methyl/N-ethyl adjacent to an activating group) is 1. The fourth-order valence-corrected chi connectivity index (χ4v) is 3.21. The van der Waals surface area contributed by atoms with Gasteiger partial charge >= 0.3 is 6.03 Å². The highest BCUT2D eigenvalue weighted by Gasteiger charge is 2.28. The number of hydrogen-bond donors (Lipinski definition) is 2. The van der Waals surface area contributed by atoms with Crippen molar-refractivity contribution in [1.82, 2.24) is 24.3 Å². The summed E-state index contributed by atoms with van der Waals surface area (Å²) in [4.78, 5) is 25.7. The van der Waals surface area contributed by atoms with Gasteiger partial charge in [-0.05, 0) is 31.5 Å². The number of carbonyl (C=O) groups excluding carboxylic acids is 2. The summed E-state index contributed by atoms with van der Waals surface area (Å²) in [6, 6.07) is 5.19. The normalized spacial score (nSPS) is 17.9. The van der Waals surface area contributed by atoms with E-state index in [0.717, 1.165) is 16.6 Å². The topological polar surface area (TPSA) is 87.2 Å². The minimum absolute atomic E-state index is 0.112. The first-order valence-electron chi connectivity index (χ1n) is 7.20. The summed E-state index contributed by atoms with van der Waals surface area (Å²) in [5.74, 6) is -0.112. The predicted octanol–water partition coefficient (Wildman–Crippen LogP) is 1.62. The van der Waals surface area contributed by atoms with E-state index in [1.807, 2.05) is 18.2 Å². The van der Waals surface area contributed by atoms with E-state index in [4.69, 9.17) is 0 Å². The number of fused-ring (bicyclic) bond motifs is 1. The van der Waals surface area contributed by atoms with E-state index in [1.54, 1.807) is 25.8 Å². The highest BCUT2D eigenvalue weighted by molar-refractivity contribution is 7.00. The van der Waals surface area contributed by atoms with Crippen LogP contribution in [0, 0.1) is 0 Å². The molecule has 2 N–H and O–H groups in total. The van der Waals surface area contributed by atoms with Crippen LogP contribution in [0.2, 0.25) is 0 Å². The second-order valence-corrected chi connectivity index (χ2v) is 6.14. The molecule has 23 heavy (non-hydrogen) atoms. The van der Waals surface area contributed by atoms with Gasteiger partial charge in [0.15, 0.2) is 0 Å². The van der Waals surface area contributed by atoms with Crippen molar-refractivity contribution < 1.29 is 9.59 Å². The van der Waals surface area contributed by atoms with Crippen LogP contribution in [-0.4, -0.2) is 38.7 Å². The van der Waals surface area contributed by atoms with Crippen molar-refractivity contribution in [2.75, 3.05) is 7.05 Å². The molecule has 0 radical (unpaired) electrons. The van der Waals surface area contributed by atoms with Gasteiger partial charge in [0.25, 0.3) is 5.91 Å². The van der Waals surface area contributed by atoms with Crippen LogP contribution in [0.25, 0.3) is 11.0 Å². The Kier molecular flexibility index (Phi) is 3.99. The van der Waals surface area contributed by atoms with Crippen LogP contribution in [-0.2, 0) is 11.3 Å². The third-order valence-electron chi connectivity index (χ3n) is 3.80. The van der Waals surface area contributed by atoms with Crippen LogP contribution in [0.5, 0.6) is 0 Å². The lowest BCUT2D eigenvalue weighted by Gasteiger charge is -2.28. The van der Waals surface area contributed by atoms with Crippen molar-refractivity contribution in [2.24, 2.45) is 0 Å². The molecule has 0 fully saturated rings. The van der Waals surface area contributed by atoms with Gasteiger partial charge in [0, 0.05) is 19.3 Å². The fraction of sp³-hybridized carbons (Fsp3) is 0.333. The minimum Gasteiger partial charge on any atom is -0.338 e. The lowest BCUT2D eigenvalue weighted by Crippen LogP contribution is -2.50. The molecule has 1 aliphatic rings. The molecule has 2 aromatic rings. The largest absolute Gasteiger partial charge is 0.338 e. The first-order valence-corrected chi connectivity index (χ1v) is 7.93. The molecule has 0 spiro atoms. The van der Waals surface area contributed by atoms with Gasteiger partial charge in [0.1, 0.15) is 11.0 Å². The second kappa shape index (κ2) is 5.96. The fourth-order valence-electron chi connectivity index (χ4n) is 2.69. The van der Waals surface area contributed by atoms with Crippen LogP contribution >= 0.6 is 11.7 Å². The standard InChI is InChI=1S/C15H17N5O2S/c1-8-13(9(2)17-15(22)16-8)14(21)20(3)7-10-4-5-11-12(6-10)19-23-18-11/h4-6,8H,7H2,1-3H3,(H2,16,17,22)/t8-/m1/s1. The number of hydrogen-bond acceptors (Lipinski definition) is 5. The van der Waals surface area contributed by atoms with Crippen LogP contribution in [0.4, 0.5) is 4.79 Å². The molecule has 2 heterocycles. The molecule has 0 aliphatic carbocycles. The molecule has 1 aliphatic heterocycles. The molecule has 1 aromatic heterocycles. The van der Waals surface area contributed by atoms with Crippen molar-refractivity contribution in [1.29, 1.82) is 0 Å². The minimum atomic E-state index is -0.316. The SMILES string of the molecule is CC1=C(C(=O)N(C)Cc2ccc3nsnc3c2)[C@@H](C)NC(=O)N1. The zero-order valence-corrected chi connectivity index (χ0v) is 13.9. The molecule has 0 bridgehead atoms. The summed E-state index contributed by atoms with van der Waals surface area (Å²) in [7, 11) is 1.75. The number of nitrogens with zero attached hydrogens (tertiary/aromatic N) is 3. The zero-order chi connectivity index (χ0) is 16.6. The third kappa shape index (κ3) is 3.02. The van der Waals surface area contributed by atoms with E-state index in [-0.39, 0.29) is 18.0 Å². The molecule has 3 rings (SSSR count). The van der Waals surface area contributed by atoms with E-state index >= 15 is 0 Å². The van der Waals surface area contributed by atoms with Crippen molar-refractivity contribution >= 4 is 34.7 Å². The summed E-state index contributed by atoms with van der Waals surface area (Å²) < 4.78 is 8.38. The highest BCUT2D eigenvalue weighted by Crippen LogP contribution is 2.18. The molecule has 0 saturated carbocycles. The maximum absolute atomic E-state index is 12.7. The number of amides is 3. The summed E-state index contributed by atoms with van der Waals surface area (Å²) in [6.07, 6.45) is 0. The molecule has 0 saturated heterocycles. The molecule has 120 valence electrons. The second-order valence-electron chi connectivity index (χ2n) is 5.61. The third-order valence-corrected chi connectivity index (χ3v) is 4.36. The van der Waals surface area contributed by atoms with Gasteiger partial charge in [-0.1, -0.05) is 6.07 Å². The number of allylic oxidation sites excluding steroid dienone is 1. The predicted molar refractivity (Wildman–Crippen MR) is 87.7 cm³/mol. The first-order chi connectivity index (χ1) is 11.0. The Morgan fingerprint density at radius 1 is 1.35 bits per heavy atom. The van der Waals surface area contributed by atoms with E-state index in [0.29, 0.717) is 17.8 Å². The Hall–Kier alpha value is -2.48. The number of aromatic nitrogens is 2. The monoisotopic (exact) mass is 331 g/mol. The summed E-state index contributed by atoms with van der Waals surface area (Å²) >= 11 is 1.17. The quantitative estimate of drug-likeness (QED) is 0.895. The van der Waals surface area contributed by atoms with Gasteiger partial charge in [-0.3, -0.25) is 4.79 Å². The average Bonchev–Trinajstić information content (AvgIpc) is 2.93. The lowest BCUT2D eigenvalue weighted by atomic mass is 10.0. The maximum Gasteiger partial charge on any atom is 0.319 e. The number of rotatable bonds is 3. The van der Waals surface area contributed by atoms with Crippen molar-refractivity contribution in [3.63, 3.8) is 0 Å². The van der Waals surface area contributed by atoms with Gasteiger partial charge in [-0.15, -0.1) is 0 Å². The Morgan fingerprint density at radius 2 is 2.09 bits per heavy atom. The Balaban J connectivity index is 1.79. The Bertz CT molecular complexity index is 813. The van der Waals surface area contributed by atoms with Gasteiger partial charge in [0.05, 0.1) is 23.3 Å². The molecule has 1 aromatic carbocycles. The molecule has 8 heteroatoms. The number of urea groups is 1. The lowest BCUT2D eigenvalue weighted by molar-refractivity contribution is -0.126. The molecular formula is C15H17N5O2S. The van der Waals surface area contributed by atoms with E-state index in [9.17, 15) is 9.59 Å². The number of benzene rings is 1. The summed E-state index contributed by atoms with van der Waals surface area (Å²) in [5.41, 5.74) is 3.85.